The van der Waals surface area contributed by atoms with Gasteiger partial charge in [-0.25, -0.2) is 0 Å². The zero-order chi connectivity index (χ0) is 17.6. The predicted molar refractivity (Wildman–Crippen MR) is 103 cm³/mol. The molecule has 0 bridgehead atoms. The van der Waals surface area contributed by atoms with E-state index < -0.39 is 0 Å². The molecule has 1 saturated heterocycles. The first-order valence-corrected chi connectivity index (χ1v) is 9.24. The van der Waals surface area contributed by atoms with E-state index in [2.05, 4.69) is 15.9 Å². The minimum Gasteiger partial charge on any atom is -0.339 e. The van der Waals surface area contributed by atoms with Crippen molar-refractivity contribution in [1.82, 2.24) is 4.90 Å². The summed E-state index contributed by atoms with van der Waals surface area (Å²) in [6.45, 7) is 1.26. The maximum atomic E-state index is 12.5. The first kappa shape index (κ1) is 17.6. The largest absolute Gasteiger partial charge is 0.339 e. The summed E-state index contributed by atoms with van der Waals surface area (Å²) in [4.78, 5) is 26.6. The van der Waals surface area contributed by atoms with Crippen LogP contribution in [0.2, 0.25) is 0 Å². The van der Waals surface area contributed by atoms with Gasteiger partial charge in [0.15, 0.2) is 5.78 Å². The number of hydrogen-bond donors (Lipinski definition) is 0. The molecule has 0 aliphatic carbocycles. The van der Waals surface area contributed by atoms with E-state index in [-0.39, 0.29) is 17.6 Å². The standard InChI is InChI=1S/C21H20BrNO2/c22-19-9-6-16(7-10-19)8-11-20(24)23-14-12-18(13-15-23)21(25)17-4-2-1-3-5-17/h1-11,18H,12-15H2/b11-8+. The Morgan fingerprint density at radius 2 is 1.60 bits per heavy atom. The number of rotatable bonds is 4. The van der Waals surface area contributed by atoms with E-state index in [0.717, 1.165) is 28.4 Å². The topological polar surface area (TPSA) is 37.4 Å². The molecule has 0 saturated carbocycles. The van der Waals surface area contributed by atoms with Crippen molar-refractivity contribution in [2.24, 2.45) is 5.92 Å². The fraction of sp³-hybridized carbons (Fsp3) is 0.238. The number of benzene rings is 2. The Bertz CT molecular complexity index is 760. The van der Waals surface area contributed by atoms with E-state index in [1.165, 1.54) is 0 Å². The second-order valence-corrected chi connectivity index (χ2v) is 7.13. The molecule has 0 atom stereocenters. The van der Waals surface area contributed by atoms with Gasteiger partial charge in [0, 0.05) is 35.1 Å². The molecule has 2 aromatic carbocycles. The number of halogens is 1. The lowest BCUT2D eigenvalue weighted by molar-refractivity contribution is -0.127. The highest BCUT2D eigenvalue weighted by Crippen LogP contribution is 2.22. The van der Waals surface area contributed by atoms with Crippen molar-refractivity contribution in [3.05, 3.63) is 76.3 Å². The van der Waals surface area contributed by atoms with E-state index in [1.54, 1.807) is 6.08 Å². The molecule has 0 N–H and O–H groups in total. The van der Waals surface area contributed by atoms with Crippen molar-refractivity contribution < 1.29 is 9.59 Å². The lowest BCUT2D eigenvalue weighted by Gasteiger charge is -2.30. The summed E-state index contributed by atoms with van der Waals surface area (Å²) >= 11 is 3.40. The summed E-state index contributed by atoms with van der Waals surface area (Å²) < 4.78 is 1.01. The van der Waals surface area contributed by atoms with Crippen LogP contribution < -0.4 is 0 Å². The smallest absolute Gasteiger partial charge is 0.246 e. The predicted octanol–water partition coefficient (Wildman–Crippen LogP) is 4.58. The highest BCUT2D eigenvalue weighted by Gasteiger charge is 2.27. The summed E-state index contributed by atoms with van der Waals surface area (Å²) in [5.74, 6) is 0.216. The second-order valence-electron chi connectivity index (χ2n) is 6.21. The van der Waals surface area contributed by atoms with Crippen LogP contribution in [0.5, 0.6) is 0 Å². The summed E-state index contributed by atoms with van der Waals surface area (Å²) in [5, 5.41) is 0. The van der Waals surface area contributed by atoms with E-state index >= 15 is 0 Å². The van der Waals surface area contributed by atoms with Gasteiger partial charge in [-0.2, -0.15) is 0 Å². The Labute approximate surface area is 156 Å². The molecule has 3 nitrogen and oxygen atoms in total. The number of piperidine rings is 1. The molecular weight excluding hydrogens is 378 g/mol. The van der Waals surface area contributed by atoms with Crippen molar-refractivity contribution in [2.45, 2.75) is 12.8 Å². The first-order valence-electron chi connectivity index (χ1n) is 8.45. The third kappa shape index (κ3) is 4.67. The van der Waals surface area contributed by atoms with Crippen LogP contribution in [-0.4, -0.2) is 29.7 Å². The SMILES string of the molecule is O=C(c1ccccc1)C1CCN(C(=O)/C=C/c2ccc(Br)cc2)CC1. The average molecular weight is 398 g/mol. The van der Waals surface area contributed by atoms with Crippen LogP contribution in [0.15, 0.2) is 65.1 Å². The van der Waals surface area contributed by atoms with Gasteiger partial charge in [0.05, 0.1) is 0 Å². The maximum absolute atomic E-state index is 12.5. The first-order chi connectivity index (χ1) is 12.1. The van der Waals surface area contributed by atoms with Crippen LogP contribution in [0, 0.1) is 5.92 Å². The van der Waals surface area contributed by atoms with Crippen LogP contribution in [0.4, 0.5) is 0 Å². The highest BCUT2D eigenvalue weighted by atomic mass is 79.9. The van der Waals surface area contributed by atoms with Gasteiger partial charge in [-0.3, -0.25) is 9.59 Å². The number of Topliss-reactive ketones (excluding diaryl/α,β-unsaturated/α-hetero) is 1. The zero-order valence-electron chi connectivity index (χ0n) is 13.9. The second kappa shape index (κ2) is 8.26. The molecule has 1 heterocycles. The van der Waals surface area contributed by atoms with Crippen molar-refractivity contribution in [1.29, 1.82) is 0 Å². The fourth-order valence-electron chi connectivity index (χ4n) is 3.05. The highest BCUT2D eigenvalue weighted by molar-refractivity contribution is 9.10. The molecule has 25 heavy (non-hydrogen) atoms. The van der Waals surface area contributed by atoms with E-state index in [9.17, 15) is 9.59 Å². The van der Waals surface area contributed by atoms with Crippen LogP contribution in [0.3, 0.4) is 0 Å². The Hall–Kier alpha value is -2.20. The van der Waals surface area contributed by atoms with Crippen LogP contribution >= 0.6 is 15.9 Å². The number of hydrogen-bond acceptors (Lipinski definition) is 2. The van der Waals surface area contributed by atoms with Crippen molar-refractivity contribution in [2.75, 3.05) is 13.1 Å². The summed E-state index contributed by atoms with van der Waals surface area (Å²) in [6.07, 6.45) is 4.90. The van der Waals surface area contributed by atoms with Crippen LogP contribution in [-0.2, 0) is 4.79 Å². The van der Waals surface area contributed by atoms with Crippen molar-refractivity contribution >= 4 is 33.7 Å². The van der Waals surface area contributed by atoms with Crippen molar-refractivity contribution in [3.63, 3.8) is 0 Å². The Balaban J connectivity index is 1.54. The minimum absolute atomic E-state index is 0.00790. The molecular formula is C21H20BrNO2. The maximum Gasteiger partial charge on any atom is 0.246 e. The molecule has 1 aliphatic heterocycles. The van der Waals surface area contributed by atoms with Crippen LogP contribution in [0.25, 0.3) is 6.08 Å². The molecule has 4 heteroatoms. The molecule has 0 aromatic heterocycles. The molecule has 1 fully saturated rings. The number of ketones is 1. The lowest BCUT2D eigenvalue weighted by atomic mass is 9.89. The monoisotopic (exact) mass is 397 g/mol. The Morgan fingerprint density at radius 1 is 0.960 bits per heavy atom. The normalized spacial score (nSPS) is 15.5. The molecule has 0 radical (unpaired) electrons. The number of carbonyl (C=O) groups excluding carboxylic acids is 2. The van der Waals surface area contributed by atoms with Gasteiger partial charge in [-0.15, -0.1) is 0 Å². The van der Waals surface area contributed by atoms with Gasteiger partial charge in [0.2, 0.25) is 5.91 Å². The number of likely N-dealkylation sites (tertiary alicyclic amines) is 1. The lowest BCUT2D eigenvalue weighted by Crippen LogP contribution is -2.39. The third-order valence-electron chi connectivity index (χ3n) is 4.52. The number of carbonyl (C=O) groups is 2. The summed E-state index contributed by atoms with van der Waals surface area (Å²) in [5.41, 5.74) is 1.76. The summed E-state index contributed by atoms with van der Waals surface area (Å²) in [6, 6.07) is 17.2. The molecule has 0 unspecified atom stereocenters. The van der Waals surface area contributed by atoms with Gasteiger partial charge in [0.1, 0.15) is 0 Å². The van der Waals surface area contributed by atoms with Gasteiger partial charge >= 0.3 is 0 Å². The van der Waals surface area contributed by atoms with Gasteiger partial charge in [-0.1, -0.05) is 58.4 Å². The molecule has 1 amide bonds. The third-order valence-corrected chi connectivity index (χ3v) is 5.05. The zero-order valence-corrected chi connectivity index (χ0v) is 15.5. The van der Waals surface area contributed by atoms with Gasteiger partial charge in [0.25, 0.3) is 0 Å². The summed E-state index contributed by atoms with van der Waals surface area (Å²) in [7, 11) is 0. The Kier molecular flexibility index (Phi) is 5.82. The molecule has 1 aliphatic rings. The number of nitrogens with zero attached hydrogens (tertiary/aromatic N) is 1. The van der Waals surface area contributed by atoms with Gasteiger partial charge in [-0.05, 0) is 36.6 Å². The molecule has 3 rings (SSSR count). The quantitative estimate of drug-likeness (QED) is 0.558. The molecule has 128 valence electrons. The van der Waals surface area contributed by atoms with E-state index in [1.807, 2.05) is 65.6 Å². The average Bonchev–Trinajstić information content (AvgIpc) is 2.67. The van der Waals surface area contributed by atoms with E-state index in [0.29, 0.717) is 13.1 Å². The Morgan fingerprint density at radius 3 is 2.24 bits per heavy atom. The van der Waals surface area contributed by atoms with Crippen LogP contribution in [0.1, 0.15) is 28.8 Å². The number of amides is 1. The fourth-order valence-corrected chi connectivity index (χ4v) is 3.31. The molecule has 0 spiro atoms. The minimum atomic E-state index is 0.00790. The van der Waals surface area contributed by atoms with Gasteiger partial charge < -0.3 is 4.90 Å². The van der Waals surface area contributed by atoms with E-state index in [4.69, 9.17) is 0 Å². The van der Waals surface area contributed by atoms with Crippen molar-refractivity contribution in [3.8, 4) is 0 Å². The molecule has 2 aromatic rings.